The summed E-state index contributed by atoms with van der Waals surface area (Å²) in [5.41, 5.74) is 15.2. The molecule has 0 N–H and O–H groups in total. The van der Waals surface area contributed by atoms with Crippen LogP contribution in [0.3, 0.4) is 0 Å². The summed E-state index contributed by atoms with van der Waals surface area (Å²) in [4.78, 5) is 0. The van der Waals surface area contributed by atoms with Gasteiger partial charge in [-0.3, -0.25) is 0 Å². The lowest BCUT2D eigenvalue weighted by Crippen LogP contribution is -2.34. The number of allylic oxidation sites excluding steroid dienone is 15. The van der Waals surface area contributed by atoms with Crippen molar-refractivity contribution in [1.29, 1.82) is 0 Å². The molecule has 4 atom stereocenters. The van der Waals surface area contributed by atoms with E-state index in [0.29, 0.717) is 23.7 Å². The normalized spacial score (nSPS) is 27.7. The molecule has 0 aromatic heterocycles. The lowest BCUT2D eigenvalue weighted by atomic mass is 9.62. The Balaban J connectivity index is 1.39. The van der Waals surface area contributed by atoms with E-state index in [9.17, 15) is 0 Å². The van der Waals surface area contributed by atoms with Crippen LogP contribution >= 0.6 is 0 Å². The van der Waals surface area contributed by atoms with Gasteiger partial charge in [0.05, 0.1) is 0 Å². The maximum atomic E-state index is 4.73. The van der Waals surface area contributed by atoms with Gasteiger partial charge in [-0.05, 0) is 96.3 Å². The van der Waals surface area contributed by atoms with E-state index in [2.05, 4.69) is 102 Å². The first-order chi connectivity index (χ1) is 17.8. The third-order valence-corrected chi connectivity index (χ3v) is 8.96. The maximum Gasteiger partial charge on any atom is 0.0120 e. The second-order valence-corrected chi connectivity index (χ2v) is 11.7. The van der Waals surface area contributed by atoms with E-state index in [-0.39, 0.29) is 0 Å². The molecular formula is C37H42. The minimum Gasteiger partial charge on any atom is -0.0995 e. The monoisotopic (exact) mass is 486 g/mol. The van der Waals surface area contributed by atoms with Crippen molar-refractivity contribution in [2.24, 2.45) is 23.7 Å². The SMILES string of the molecule is C=C(C)c1ccc(C2=CC=C(/C=C3/CC4=CC(C)C(C(=C)CCC)C(C5=CC=CC5)C4C3=C)C2)c(C)c1. The average Bonchev–Trinajstić information content (AvgIpc) is 3.60. The zero-order chi connectivity index (χ0) is 26.3. The number of hydrogen-bond acceptors (Lipinski definition) is 0. The van der Waals surface area contributed by atoms with Crippen LogP contribution in [0, 0.1) is 30.6 Å². The molecule has 1 fully saturated rings. The minimum absolute atomic E-state index is 0.415. The average molecular weight is 487 g/mol. The number of fused-ring (bicyclic) bond motifs is 1. The molecule has 0 radical (unpaired) electrons. The van der Waals surface area contributed by atoms with Crippen molar-refractivity contribution < 1.29 is 0 Å². The summed E-state index contributed by atoms with van der Waals surface area (Å²) in [5.74, 6) is 1.93. The van der Waals surface area contributed by atoms with Gasteiger partial charge in [-0.1, -0.05) is 123 Å². The van der Waals surface area contributed by atoms with Crippen LogP contribution in [-0.2, 0) is 0 Å². The molecule has 4 aliphatic rings. The topological polar surface area (TPSA) is 0 Å². The second-order valence-electron chi connectivity index (χ2n) is 11.7. The Morgan fingerprint density at radius 3 is 2.57 bits per heavy atom. The van der Waals surface area contributed by atoms with Crippen LogP contribution in [0.2, 0.25) is 0 Å². The Labute approximate surface area is 225 Å². The first-order valence-electron chi connectivity index (χ1n) is 14.1. The van der Waals surface area contributed by atoms with E-state index >= 15 is 0 Å². The van der Waals surface area contributed by atoms with Crippen molar-refractivity contribution in [2.45, 2.75) is 59.8 Å². The number of hydrogen-bond donors (Lipinski definition) is 0. The molecule has 4 aliphatic carbocycles. The Morgan fingerprint density at radius 2 is 1.89 bits per heavy atom. The van der Waals surface area contributed by atoms with Crippen LogP contribution in [0.1, 0.15) is 69.6 Å². The van der Waals surface area contributed by atoms with Crippen molar-refractivity contribution in [3.63, 3.8) is 0 Å². The van der Waals surface area contributed by atoms with Crippen molar-refractivity contribution >= 4 is 11.1 Å². The second kappa shape index (κ2) is 10.3. The Morgan fingerprint density at radius 1 is 1.08 bits per heavy atom. The molecule has 1 aromatic carbocycles. The van der Waals surface area contributed by atoms with E-state index in [0.717, 1.165) is 37.7 Å². The van der Waals surface area contributed by atoms with Gasteiger partial charge in [-0.2, -0.15) is 0 Å². The van der Waals surface area contributed by atoms with E-state index in [1.807, 2.05) is 0 Å². The molecule has 0 bridgehead atoms. The fourth-order valence-electron chi connectivity index (χ4n) is 7.21. The van der Waals surface area contributed by atoms with E-state index in [1.54, 1.807) is 11.1 Å². The molecule has 0 spiro atoms. The van der Waals surface area contributed by atoms with E-state index in [1.165, 1.54) is 44.6 Å². The fourth-order valence-corrected chi connectivity index (χ4v) is 7.21. The lowest BCUT2D eigenvalue weighted by Gasteiger charge is -2.42. The van der Waals surface area contributed by atoms with E-state index in [4.69, 9.17) is 6.58 Å². The van der Waals surface area contributed by atoms with Gasteiger partial charge in [0.25, 0.3) is 0 Å². The quantitative estimate of drug-likeness (QED) is 0.336. The summed E-state index contributed by atoms with van der Waals surface area (Å²) < 4.78 is 0. The van der Waals surface area contributed by atoms with Crippen LogP contribution < -0.4 is 0 Å². The van der Waals surface area contributed by atoms with Crippen molar-refractivity contribution in [2.75, 3.05) is 0 Å². The predicted octanol–water partition coefficient (Wildman–Crippen LogP) is 10.3. The van der Waals surface area contributed by atoms with E-state index < -0.39 is 0 Å². The van der Waals surface area contributed by atoms with Gasteiger partial charge in [-0.15, -0.1) is 0 Å². The third kappa shape index (κ3) is 4.79. The van der Waals surface area contributed by atoms with Crippen molar-refractivity contribution in [3.05, 3.63) is 131 Å². The summed E-state index contributed by atoms with van der Waals surface area (Å²) >= 11 is 0. The summed E-state index contributed by atoms with van der Waals surface area (Å²) in [6, 6.07) is 6.73. The molecule has 0 amide bonds. The zero-order valence-electron chi connectivity index (χ0n) is 23.2. The molecule has 190 valence electrons. The van der Waals surface area contributed by atoms with Crippen molar-refractivity contribution in [3.8, 4) is 0 Å². The van der Waals surface area contributed by atoms with Gasteiger partial charge in [0.15, 0.2) is 0 Å². The molecule has 5 rings (SSSR count). The van der Waals surface area contributed by atoms with Crippen LogP contribution in [-0.4, -0.2) is 0 Å². The molecule has 1 saturated carbocycles. The van der Waals surface area contributed by atoms with Gasteiger partial charge in [0, 0.05) is 5.92 Å². The van der Waals surface area contributed by atoms with Gasteiger partial charge < -0.3 is 0 Å². The molecule has 37 heavy (non-hydrogen) atoms. The number of benzene rings is 1. The van der Waals surface area contributed by atoms with Gasteiger partial charge >= 0.3 is 0 Å². The Hall–Kier alpha value is -3.12. The van der Waals surface area contributed by atoms with Gasteiger partial charge in [0.2, 0.25) is 0 Å². The Kier molecular flexibility index (Phi) is 7.13. The number of rotatable bonds is 7. The molecular weight excluding hydrogens is 444 g/mol. The van der Waals surface area contributed by atoms with Crippen LogP contribution in [0.5, 0.6) is 0 Å². The minimum atomic E-state index is 0.415. The molecule has 0 nitrogen and oxygen atoms in total. The maximum absolute atomic E-state index is 4.73. The highest BCUT2D eigenvalue weighted by molar-refractivity contribution is 5.77. The predicted molar refractivity (Wildman–Crippen MR) is 162 cm³/mol. The number of aryl methyl sites for hydroxylation is 1. The van der Waals surface area contributed by atoms with Crippen LogP contribution in [0.15, 0.2) is 114 Å². The van der Waals surface area contributed by atoms with Crippen LogP contribution in [0.25, 0.3) is 11.1 Å². The molecule has 1 aromatic rings. The standard InChI is InChI=1S/C37H42/c1-8-11-24(4)35-26(6)19-33-22-32(27(7)36(33)37(35)29-12-9-10-13-29)21-28-14-15-31(20-28)34-17-16-30(23(2)3)18-25(34)5/h9-10,12,14-19,21,26,35-37H,2,4,7-8,11,13,20,22H2,1,3,5-6H3/b32-21-. The van der Waals surface area contributed by atoms with Gasteiger partial charge in [0.1, 0.15) is 0 Å². The molecule has 0 heteroatoms. The Bertz CT molecular complexity index is 1340. The summed E-state index contributed by atoms with van der Waals surface area (Å²) in [6.07, 6.45) is 21.9. The highest BCUT2D eigenvalue weighted by Crippen LogP contribution is 2.56. The highest BCUT2D eigenvalue weighted by Gasteiger charge is 2.45. The molecule has 0 saturated heterocycles. The van der Waals surface area contributed by atoms with Crippen LogP contribution in [0.4, 0.5) is 0 Å². The fraction of sp³-hybridized carbons (Fsp3) is 0.351. The first kappa shape index (κ1) is 25.5. The zero-order valence-corrected chi connectivity index (χ0v) is 23.2. The van der Waals surface area contributed by atoms with Gasteiger partial charge in [-0.25, -0.2) is 0 Å². The smallest absolute Gasteiger partial charge is 0.0120 e. The largest absolute Gasteiger partial charge is 0.0995 e. The lowest BCUT2D eigenvalue weighted by molar-refractivity contribution is 0.281. The van der Waals surface area contributed by atoms with Crippen molar-refractivity contribution in [1.82, 2.24) is 0 Å². The molecule has 0 aliphatic heterocycles. The summed E-state index contributed by atoms with van der Waals surface area (Å²) in [6.45, 7) is 22.4. The first-order valence-corrected chi connectivity index (χ1v) is 14.1. The third-order valence-electron chi connectivity index (χ3n) is 8.96. The summed E-state index contributed by atoms with van der Waals surface area (Å²) in [5, 5.41) is 0. The highest BCUT2D eigenvalue weighted by atomic mass is 14.5. The summed E-state index contributed by atoms with van der Waals surface area (Å²) in [7, 11) is 0. The molecule has 0 heterocycles. The molecule has 4 unspecified atom stereocenters.